The lowest BCUT2D eigenvalue weighted by Crippen LogP contribution is -2.25. The molecule has 0 amide bonds. The quantitative estimate of drug-likeness (QED) is 0.412. The lowest BCUT2D eigenvalue weighted by molar-refractivity contribution is -0.303. The predicted octanol–water partition coefficient (Wildman–Crippen LogP) is 3.98. The monoisotopic (exact) mass is 387 g/mol. The average Bonchev–Trinajstić information content (AvgIpc) is 2.75. The summed E-state index contributed by atoms with van der Waals surface area (Å²) in [6.45, 7) is 2.41. The highest BCUT2D eigenvalue weighted by Gasteiger charge is 2.08. The van der Waals surface area contributed by atoms with Crippen LogP contribution in [0.3, 0.4) is 0 Å². The van der Waals surface area contributed by atoms with Crippen LogP contribution in [0.1, 0.15) is 29.2 Å². The number of hydrogen-bond donors (Lipinski definition) is 0. The Hall–Kier alpha value is -3.53. The van der Waals surface area contributed by atoms with E-state index >= 15 is 0 Å². The molecule has 0 N–H and O–H groups in total. The second-order valence-electron chi connectivity index (χ2n) is 6.53. The number of benzene rings is 3. The fraction of sp³-hybridized carbons (Fsp3) is 0.160. The molecular formula is C25H23O4-. The first-order valence-electron chi connectivity index (χ1n) is 9.55. The Bertz CT molecular complexity index is 963. The zero-order valence-corrected chi connectivity index (χ0v) is 16.3. The molecule has 0 heterocycles. The van der Waals surface area contributed by atoms with Crippen molar-refractivity contribution in [2.75, 3.05) is 6.61 Å². The molecule has 0 radical (unpaired) electrons. The fourth-order valence-electron chi connectivity index (χ4n) is 2.96. The van der Waals surface area contributed by atoms with Crippen LogP contribution < -0.4 is 9.84 Å². The van der Waals surface area contributed by atoms with E-state index in [4.69, 9.17) is 9.47 Å². The summed E-state index contributed by atoms with van der Waals surface area (Å²) in [5.41, 5.74) is 3.93. The summed E-state index contributed by atoms with van der Waals surface area (Å²) < 4.78 is 11.3. The van der Waals surface area contributed by atoms with Crippen molar-refractivity contribution >= 4 is 12.0 Å². The summed E-state index contributed by atoms with van der Waals surface area (Å²) in [4.78, 5) is 11.3. The van der Waals surface area contributed by atoms with Crippen LogP contribution in [0.5, 0.6) is 5.75 Å². The molecule has 29 heavy (non-hydrogen) atoms. The van der Waals surface area contributed by atoms with E-state index in [0.717, 1.165) is 11.1 Å². The van der Waals surface area contributed by atoms with Gasteiger partial charge in [-0.25, -0.2) is 0 Å². The Morgan fingerprint density at radius 2 is 1.59 bits per heavy atom. The maximum absolute atomic E-state index is 11.3. The normalized spacial score (nSPS) is 11.1. The van der Waals surface area contributed by atoms with Gasteiger partial charge in [0.15, 0.2) is 0 Å². The summed E-state index contributed by atoms with van der Waals surface area (Å²) in [6.07, 6.45) is 2.17. The van der Waals surface area contributed by atoms with E-state index in [1.807, 2.05) is 66.7 Å². The van der Waals surface area contributed by atoms with Gasteiger partial charge >= 0.3 is 0 Å². The smallest absolute Gasteiger partial charge is 0.142 e. The van der Waals surface area contributed by atoms with Crippen molar-refractivity contribution in [3.8, 4) is 5.75 Å². The van der Waals surface area contributed by atoms with Gasteiger partial charge in [-0.1, -0.05) is 72.8 Å². The van der Waals surface area contributed by atoms with Crippen LogP contribution >= 0.6 is 0 Å². The number of carboxylic acid groups (broad SMARTS) is 1. The van der Waals surface area contributed by atoms with Crippen molar-refractivity contribution in [1.82, 2.24) is 0 Å². The van der Waals surface area contributed by atoms with Gasteiger partial charge < -0.3 is 19.4 Å². The van der Waals surface area contributed by atoms with Crippen LogP contribution in [0.2, 0.25) is 0 Å². The number of carbonyl (C=O) groups is 1. The van der Waals surface area contributed by atoms with E-state index in [1.54, 1.807) is 6.92 Å². The van der Waals surface area contributed by atoms with E-state index < -0.39 is 5.97 Å². The number of hydrogen-bond acceptors (Lipinski definition) is 4. The van der Waals surface area contributed by atoms with E-state index in [2.05, 4.69) is 12.1 Å². The Balaban J connectivity index is 1.90. The lowest BCUT2D eigenvalue weighted by Gasteiger charge is -2.14. The summed E-state index contributed by atoms with van der Waals surface area (Å²) in [6, 6.07) is 25.7. The van der Waals surface area contributed by atoms with Gasteiger partial charge in [0.25, 0.3) is 0 Å². The van der Waals surface area contributed by atoms with Gasteiger partial charge in [-0.3, -0.25) is 0 Å². The Morgan fingerprint density at radius 3 is 2.21 bits per heavy atom. The highest BCUT2D eigenvalue weighted by molar-refractivity contribution is 5.88. The second-order valence-corrected chi connectivity index (χ2v) is 6.53. The number of aliphatic carboxylic acids is 1. The van der Waals surface area contributed by atoms with E-state index in [9.17, 15) is 9.90 Å². The minimum atomic E-state index is -1.34. The molecule has 3 rings (SSSR count). The number of ether oxygens (including phenoxy) is 2. The lowest BCUT2D eigenvalue weighted by atomic mass is 10.0. The molecule has 0 unspecified atom stereocenters. The van der Waals surface area contributed by atoms with Gasteiger partial charge in [-0.15, -0.1) is 0 Å². The summed E-state index contributed by atoms with van der Waals surface area (Å²) in [5.74, 6) is -0.829. The number of carboxylic acids is 1. The van der Waals surface area contributed by atoms with Crippen LogP contribution in [0.25, 0.3) is 6.08 Å². The van der Waals surface area contributed by atoms with E-state index in [0.29, 0.717) is 24.3 Å². The number of carbonyl (C=O) groups excluding carboxylic acids is 1. The highest BCUT2D eigenvalue weighted by atomic mass is 16.5. The van der Waals surface area contributed by atoms with Crippen LogP contribution in [0, 0.1) is 0 Å². The first-order chi connectivity index (χ1) is 14.2. The molecule has 0 aromatic heterocycles. The number of rotatable bonds is 9. The molecule has 0 aliphatic carbocycles. The molecular weight excluding hydrogens is 364 g/mol. The molecule has 0 fully saturated rings. The third-order valence-corrected chi connectivity index (χ3v) is 4.36. The molecule has 4 heteroatoms. The minimum absolute atomic E-state index is 0.197. The van der Waals surface area contributed by atoms with Gasteiger partial charge in [0, 0.05) is 6.42 Å². The predicted molar refractivity (Wildman–Crippen MR) is 111 cm³/mol. The van der Waals surface area contributed by atoms with Crippen LogP contribution in [0.15, 0.2) is 84.6 Å². The average molecular weight is 387 g/mol. The minimum Gasteiger partial charge on any atom is -0.542 e. The maximum Gasteiger partial charge on any atom is 0.142 e. The van der Waals surface area contributed by atoms with Gasteiger partial charge in [0.05, 0.1) is 6.61 Å². The summed E-state index contributed by atoms with van der Waals surface area (Å²) >= 11 is 0. The Kier molecular flexibility index (Phi) is 7.06. The van der Waals surface area contributed by atoms with Crippen molar-refractivity contribution in [2.24, 2.45) is 0 Å². The molecule has 3 aromatic carbocycles. The topological polar surface area (TPSA) is 58.6 Å². The van der Waals surface area contributed by atoms with E-state index in [-0.39, 0.29) is 12.4 Å². The van der Waals surface area contributed by atoms with Gasteiger partial charge in [0.2, 0.25) is 0 Å². The highest BCUT2D eigenvalue weighted by Crippen LogP contribution is 2.26. The molecule has 3 aromatic rings. The molecule has 0 spiro atoms. The van der Waals surface area contributed by atoms with Crippen molar-refractivity contribution in [3.63, 3.8) is 0 Å². The van der Waals surface area contributed by atoms with Gasteiger partial charge in [0.1, 0.15) is 24.1 Å². The maximum atomic E-state index is 11.3. The zero-order chi connectivity index (χ0) is 20.5. The standard InChI is InChI=1S/C25H24O4/c1-2-28-24(25(26)27)17-21-13-14-22(15-19-9-5-3-6-10-19)23(16-21)29-18-20-11-7-4-8-12-20/h3-14,16-17H,2,15,18H2,1H3,(H,26,27)/p-1/b24-17-. The molecule has 0 aliphatic rings. The fourth-order valence-corrected chi connectivity index (χ4v) is 2.96. The van der Waals surface area contributed by atoms with Crippen LogP contribution in [0.4, 0.5) is 0 Å². The van der Waals surface area contributed by atoms with Gasteiger partial charge in [-0.2, -0.15) is 0 Å². The van der Waals surface area contributed by atoms with Crippen molar-refractivity contribution in [2.45, 2.75) is 20.0 Å². The molecule has 148 valence electrons. The van der Waals surface area contributed by atoms with E-state index in [1.165, 1.54) is 11.6 Å². The molecule has 0 atom stereocenters. The molecule has 0 bridgehead atoms. The first-order valence-corrected chi connectivity index (χ1v) is 9.55. The molecule has 0 saturated heterocycles. The van der Waals surface area contributed by atoms with Crippen molar-refractivity contribution in [3.05, 3.63) is 107 Å². The Morgan fingerprint density at radius 1 is 0.931 bits per heavy atom. The van der Waals surface area contributed by atoms with Crippen LogP contribution in [-0.2, 0) is 22.6 Å². The van der Waals surface area contributed by atoms with Crippen LogP contribution in [-0.4, -0.2) is 12.6 Å². The first kappa shape index (κ1) is 20.2. The van der Waals surface area contributed by atoms with Crippen molar-refractivity contribution < 1.29 is 19.4 Å². The van der Waals surface area contributed by atoms with Gasteiger partial charge in [-0.05, 0) is 41.3 Å². The summed E-state index contributed by atoms with van der Waals surface area (Å²) in [7, 11) is 0. The third kappa shape index (κ3) is 5.98. The molecule has 0 saturated carbocycles. The second kappa shape index (κ2) is 10.1. The Labute approximate surface area is 171 Å². The third-order valence-electron chi connectivity index (χ3n) is 4.36. The zero-order valence-electron chi connectivity index (χ0n) is 16.3. The molecule has 4 nitrogen and oxygen atoms in total. The molecule has 0 aliphatic heterocycles. The largest absolute Gasteiger partial charge is 0.542 e. The SMILES string of the molecule is CCO/C(=C\c1ccc(Cc2ccccc2)c(OCc2ccccc2)c1)C(=O)[O-]. The van der Waals surface area contributed by atoms with Crippen molar-refractivity contribution in [1.29, 1.82) is 0 Å². The summed E-state index contributed by atoms with van der Waals surface area (Å²) in [5, 5.41) is 11.3.